The summed E-state index contributed by atoms with van der Waals surface area (Å²) >= 11 is 0. The van der Waals surface area contributed by atoms with Crippen LogP contribution in [0.15, 0.2) is 22.6 Å². The third-order valence-electron chi connectivity index (χ3n) is 0.541. The number of guanidine groups is 1. The van der Waals surface area contributed by atoms with Gasteiger partial charge in [0.05, 0.1) is 0 Å². The standard InChI is InChI=1S/C5H9N3/c1-3-4-8-5(6)7-2/h3-4H,1H2,2H3,(H2,6,7)/b8-4-. The van der Waals surface area contributed by atoms with Crippen LogP contribution in [0.25, 0.3) is 0 Å². The van der Waals surface area contributed by atoms with Gasteiger partial charge in [-0.25, -0.2) is 4.99 Å². The molecule has 0 aromatic carbocycles. The Morgan fingerprint density at radius 2 is 2.38 bits per heavy atom. The molecule has 44 valence electrons. The second-order valence-corrected chi connectivity index (χ2v) is 1.10. The first kappa shape index (κ1) is 6.88. The predicted molar refractivity (Wildman–Crippen MR) is 36.2 cm³/mol. The highest BCUT2D eigenvalue weighted by Crippen LogP contribution is 1.65. The number of allylic oxidation sites excluding steroid dienone is 1. The van der Waals surface area contributed by atoms with E-state index in [0.717, 1.165) is 0 Å². The normalized spacial score (nSPS) is 12.4. The van der Waals surface area contributed by atoms with Crippen molar-refractivity contribution < 1.29 is 0 Å². The Kier molecular flexibility index (Phi) is 3.48. The summed E-state index contributed by atoms with van der Waals surface area (Å²) in [5, 5.41) is 0. The van der Waals surface area contributed by atoms with E-state index in [-0.39, 0.29) is 5.96 Å². The van der Waals surface area contributed by atoms with Crippen molar-refractivity contribution in [1.82, 2.24) is 0 Å². The maximum absolute atomic E-state index is 5.16. The first-order valence-electron chi connectivity index (χ1n) is 2.18. The van der Waals surface area contributed by atoms with Crippen molar-refractivity contribution in [3.63, 3.8) is 0 Å². The minimum atomic E-state index is 0.268. The lowest BCUT2D eigenvalue weighted by molar-refractivity contribution is 1.36. The van der Waals surface area contributed by atoms with E-state index < -0.39 is 0 Å². The molecule has 0 heterocycles. The van der Waals surface area contributed by atoms with Crippen molar-refractivity contribution in [3.8, 4) is 0 Å². The molecule has 0 aromatic rings. The van der Waals surface area contributed by atoms with Gasteiger partial charge in [0.25, 0.3) is 0 Å². The van der Waals surface area contributed by atoms with E-state index in [4.69, 9.17) is 5.73 Å². The quantitative estimate of drug-likeness (QED) is 0.381. The molecule has 0 fully saturated rings. The molecule has 0 radical (unpaired) electrons. The van der Waals surface area contributed by atoms with Crippen molar-refractivity contribution >= 4 is 12.2 Å². The van der Waals surface area contributed by atoms with Crippen LogP contribution < -0.4 is 5.73 Å². The highest BCUT2D eigenvalue weighted by molar-refractivity contribution is 5.89. The zero-order valence-electron chi connectivity index (χ0n) is 4.83. The van der Waals surface area contributed by atoms with Crippen molar-refractivity contribution in [2.45, 2.75) is 0 Å². The molecule has 0 aromatic heterocycles. The van der Waals surface area contributed by atoms with Crippen LogP contribution in [0.3, 0.4) is 0 Å². The van der Waals surface area contributed by atoms with Crippen LogP contribution in [-0.2, 0) is 0 Å². The van der Waals surface area contributed by atoms with E-state index in [1.54, 1.807) is 7.05 Å². The number of aliphatic imine (C=N–C) groups is 2. The molecule has 0 atom stereocenters. The Morgan fingerprint density at radius 3 is 2.75 bits per heavy atom. The summed E-state index contributed by atoms with van der Waals surface area (Å²) in [6.07, 6.45) is 3.03. The molecule has 3 nitrogen and oxygen atoms in total. The molecule has 0 unspecified atom stereocenters. The molecule has 0 rings (SSSR count). The van der Waals surface area contributed by atoms with Crippen molar-refractivity contribution in [1.29, 1.82) is 0 Å². The summed E-state index contributed by atoms with van der Waals surface area (Å²) in [6.45, 7) is 3.41. The fourth-order valence-corrected chi connectivity index (χ4v) is 0.187. The zero-order valence-corrected chi connectivity index (χ0v) is 4.83. The Balaban J connectivity index is 3.69. The molecular formula is C5H9N3. The molecule has 0 amide bonds. The van der Waals surface area contributed by atoms with Crippen LogP contribution in [0.1, 0.15) is 0 Å². The van der Waals surface area contributed by atoms with Gasteiger partial charge in [0, 0.05) is 13.3 Å². The summed E-state index contributed by atoms with van der Waals surface area (Å²) in [5.41, 5.74) is 5.16. The fourth-order valence-electron chi connectivity index (χ4n) is 0.187. The molecule has 2 N–H and O–H groups in total. The number of hydrogen-bond acceptors (Lipinski definition) is 1. The summed E-state index contributed by atoms with van der Waals surface area (Å²) < 4.78 is 0. The maximum atomic E-state index is 5.16. The molecule has 0 aliphatic heterocycles. The fraction of sp³-hybridized carbons (Fsp3) is 0.200. The van der Waals surface area contributed by atoms with Gasteiger partial charge in [-0.3, -0.25) is 4.99 Å². The highest BCUT2D eigenvalue weighted by atomic mass is 15.0. The number of rotatable bonds is 1. The lowest BCUT2D eigenvalue weighted by Crippen LogP contribution is -2.06. The average molecular weight is 111 g/mol. The molecule has 0 aliphatic rings. The smallest absolute Gasteiger partial charge is 0.214 e. The Morgan fingerprint density at radius 1 is 1.75 bits per heavy atom. The number of nitrogens with zero attached hydrogens (tertiary/aromatic N) is 2. The van der Waals surface area contributed by atoms with Gasteiger partial charge in [-0.15, -0.1) is 0 Å². The van der Waals surface area contributed by atoms with Crippen LogP contribution in [0.4, 0.5) is 0 Å². The molecule has 0 saturated carbocycles. The second-order valence-electron chi connectivity index (χ2n) is 1.10. The van der Waals surface area contributed by atoms with Crippen molar-refractivity contribution in [3.05, 3.63) is 12.7 Å². The molecule has 0 spiro atoms. The van der Waals surface area contributed by atoms with Gasteiger partial charge in [0.2, 0.25) is 5.96 Å². The zero-order chi connectivity index (χ0) is 6.41. The highest BCUT2D eigenvalue weighted by Gasteiger charge is 1.73. The minimum absolute atomic E-state index is 0.268. The Hall–Kier alpha value is -1.12. The topological polar surface area (TPSA) is 50.7 Å². The monoisotopic (exact) mass is 111 g/mol. The third-order valence-corrected chi connectivity index (χ3v) is 0.541. The van der Waals surface area contributed by atoms with Crippen LogP contribution >= 0.6 is 0 Å². The maximum Gasteiger partial charge on any atom is 0.214 e. The molecule has 0 aliphatic carbocycles. The van der Waals surface area contributed by atoms with Crippen molar-refractivity contribution in [2.75, 3.05) is 7.05 Å². The van der Waals surface area contributed by atoms with E-state index in [9.17, 15) is 0 Å². The van der Waals surface area contributed by atoms with E-state index in [0.29, 0.717) is 0 Å². The van der Waals surface area contributed by atoms with Gasteiger partial charge in [-0.2, -0.15) is 0 Å². The average Bonchev–Trinajstić information content (AvgIpc) is 1.83. The van der Waals surface area contributed by atoms with E-state index in [2.05, 4.69) is 16.6 Å². The second kappa shape index (κ2) is 4.05. The third kappa shape index (κ3) is 3.08. The first-order chi connectivity index (χ1) is 3.81. The van der Waals surface area contributed by atoms with Crippen LogP contribution in [0.5, 0.6) is 0 Å². The SMILES string of the molecule is C=C/C=N\C(N)=N/C. The van der Waals surface area contributed by atoms with Crippen LogP contribution in [-0.4, -0.2) is 19.2 Å². The summed E-state index contributed by atoms with van der Waals surface area (Å²) in [5.74, 6) is 0.268. The summed E-state index contributed by atoms with van der Waals surface area (Å²) in [6, 6.07) is 0. The largest absolute Gasteiger partial charge is 0.368 e. The molecule has 0 saturated heterocycles. The number of hydrogen-bond donors (Lipinski definition) is 1. The van der Waals surface area contributed by atoms with Crippen molar-refractivity contribution in [2.24, 2.45) is 15.7 Å². The van der Waals surface area contributed by atoms with Crippen LogP contribution in [0.2, 0.25) is 0 Å². The minimum Gasteiger partial charge on any atom is -0.368 e. The van der Waals surface area contributed by atoms with Gasteiger partial charge in [-0.1, -0.05) is 12.7 Å². The van der Waals surface area contributed by atoms with E-state index in [1.165, 1.54) is 12.3 Å². The Bertz CT molecular complexity index is 124. The van der Waals surface area contributed by atoms with Gasteiger partial charge < -0.3 is 5.73 Å². The molecular weight excluding hydrogens is 102 g/mol. The van der Waals surface area contributed by atoms with E-state index in [1.807, 2.05) is 0 Å². The summed E-state index contributed by atoms with van der Waals surface area (Å²) in [4.78, 5) is 7.22. The van der Waals surface area contributed by atoms with Crippen LogP contribution in [0, 0.1) is 0 Å². The predicted octanol–water partition coefficient (Wildman–Crippen LogP) is 0.188. The van der Waals surface area contributed by atoms with Gasteiger partial charge in [-0.05, 0) is 0 Å². The van der Waals surface area contributed by atoms with Gasteiger partial charge in [0.1, 0.15) is 0 Å². The van der Waals surface area contributed by atoms with E-state index >= 15 is 0 Å². The Labute approximate surface area is 48.6 Å². The first-order valence-corrected chi connectivity index (χ1v) is 2.18. The summed E-state index contributed by atoms with van der Waals surface area (Å²) in [7, 11) is 1.58. The van der Waals surface area contributed by atoms with Gasteiger partial charge in [0.15, 0.2) is 0 Å². The molecule has 0 bridgehead atoms. The lowest BCUT2D eigenvalue weighted by atomic mass is 10.7. The number of nitrogens with two attached hydrogens (primary N) is 1. The molecule has 8 heavy (non-hydrogen) atoms. The molecule has 3 heteroatoms. The lowest BCUT2D eigenvalue weighted by Gasteiger charge is -1.82. The van der Waals surface area contributed by atoms with Gasteiger partial charge >= 0.3 is 0 Å².